The van der Waals surface area contributed by atoms with Crippen molar-refractivity contribution in [2.45, 2.75) is 186 Å². The maximum atomic E-state index is 12.9. The van der Waals surface area contributed by atoms with Crippen LogP contribution in [0.15, 0.2) is 24.3 Å². The first-order valence-electron chi connectivity index (χ1n) is 21.8. The number of unbranched alkanes of at least 4 members (excludes halogenated alkanes) is 16. The smallest absolute Gasteiger partial charge is 0.268 e. The minimum Gasteiger partial charge on any atom is -0.756 e. The van der Waals surface area contributed by atoms with Crippen molar-refractivity contribution in [3.8, 4) is 0 Å². The molecule has 1 unspecified atom stereocenters. The third-order valence-corrected chi connectivity index (χ3v) is 11.5. The van der Waals surface area contributed by atoms with E-state index in [0.29, 0.717) is 30.3 Å². The van der Waals surface area contributed by atoms with E-state index < -0.39 is 38.8 Å². The topological polar surface area (TPSA) is 165 Å². The van der Waals surface area contributed by atoms with Gasteiger partial charge in [-0.25, -0.2) is 0 Å². The number of hydrogen-bond donors (Lipinski definition) is 4. The van der Waals surface area contributed by atoms with Crippen molar-refractivity contribution in [2.24, 2.45) is 11.8 Å². The number of likely N-dealkylation sites (N-methyl/N-ethyl adjacent to an activating group) is 1. The Hall–Kier alpha value is -1.43. The molecule has 0 spiro atoms. The van der Waals surface area contributed by atoms with Crippen LogP contribution >= 0.6 is 7.82 Å². The number of quaternary nitrogens is 1. The first kappa shape index (κ1) is 51.6. The van der Waals surface area contributed by atoms with Gasteiger partial charge >= 0.3 is 0 Å². The van der Waals surface area contributed by atoms with Crippen LogP contribution in [0.5, 0.6) is 0 Å². The van der Waals surface area contributed by atoms with Crippen molar-refractivity contribution in [3.63, 3.8) is 0 Å². The van der Waals surface area contributed by atoms with Crippen molar-refractivity contribution in [3.05, 3.63) is 24.3 Å². The third kappa shape index (κ3) is 27.0. The second kappa shape index (κ2) is 30.6. The lowest BCUT2D eigenvalue weighted by atomic mass is 9.88. The zero-order chi connectivity index (χ0) is 41.0. The van der Waals surface area contributed by atoms with Crippen molar-refractivity contribution in [2.75, 3.05) is 40.9 Å². The molecule has 1 aliphatic rings. The molecule has 0 aliphatic heterocycles. The van der Waals surface area contributed by atoms with Gasteiger partial charge in [0.25, 0.3) is 7.82 Å². The van der Waals surface area contributed by atoms with E-state index in [2.05, 4.69) is 19.2 Å². The Kier molecular flexibility index (Phi) is 28.7. The molecule has 0 aromatic rings. The predicted octanol–water partition coefficient (Wildman–Crippen LogP) is 7.70. The van der Waals surface area contributed by atoms with Crippen LogP contribution in [0, 0.1) is 11.8 Å². The average molecular weight is 801 g/mol. The monoisotopic (exact) mass is 801 g/mol. The Morgan fingerprint density at radius 3 is 2.09 bits per heavy atom. The van der Waals surface area contributed by atoms with Crippen LogP contribution in [0.25, 0.3) is 0 Å². The maximum absolute atomic E-state index is 12.9. The maximum Gasteiger partial charge on any atom is 0.268 e. The number of carbonyl (C=O) groups excluding carboxylic acids is 2. The zero-order valence-electron chi connectivity index (χ0n) is 35.3. The van der Waals surface area contributed by atoms with Gasteiger partial charge < -0.3 is 39.1 Å². The lowest BCUT2D eigenvalue weighted by Crippen LogP contribution is -2.45. The first-order chi connectivity index (χ1) is 26.2. The van der Waals surface area contributed by atoms with Crippen molar-refractivity contribution < 1.29 is 47.9 Å². The van der Waals surface area contributed by atoms with E-state index in [9.17, 15) is 34.4 Å². The summed E-state index contributed by atoms with van der Waals surface area (Å²) in [5, 5.41) is 34.5. The number of aliphatic hydroxyl groups is 3. The summed E-state index contributed by atoms with van der Waals surface area (Å²) < 4.78 is 23.1. The molecular formula is C43H81N2O9P. The number of nitrogens with zero attached hydrogens (tertiary/aromatic N) is 1. The van der Waals surface area contributed by atoms with Crippen molar-refractivity contribution >= 4 is 19.5 Å². The van der Waals surface area contributed by atoms with Gasteiger partial charge in [-0.2, -0.15) is 0 Å². The molecule has 12 heteroatoms. The Morgan fingerprint density at radius 1 is 0.873 bits per heavy atom. The van der Waals surface area contributed by atoms with Gasteiger partial charge in [0, 0.05) is 18.8 Å². The molecule has 0 heterocycles. The number of carbonyl (C=O) groups is 2. The van der Waals surface area contributed by atoms with Crippen LogP contribution in [-0.2, 0) is 23.2 Å². The number of nitrogens with one attached hydrogen (secondary N) is 1. The molecule has 0 aromatic carbocycles. The Labute approximate surface area is 334 Å². The Balaban J connectivity index is 2.55. The van der Waals surface area contributed by atoms with Crippen LogP contribution in [0.3, 0.4) is 0 Å². The molecule has 4 N–H and O–H groups in total. The van der Waals surface area contributed by atoms with Crippen molar-refractivity contribution in [1.29, 1.82) is 0 Å². The summed E-state index contributed by atoms with van der Waals surface area (Å²) in [7, 11) is 1.11. The molecule has 1 fully saturated rings. The molecule has 1 saturated carbocycles. The van der Waals surface area contributed by atoms with Crippen LogP contribution in [0.2, 0.25) is 0 Å². The largest absolute Gasteiger partial charge is 0.756 e. The summed E-state index contributed by atoms with van der Waals surface area (Å²) in [4.78, 5) is 38.0. The zero-order valence-corrected chi connectivity index (χ0v) is 36.2. The third-order valence-electron chi connectivity index (χ3n) is 10.6. The van der Waals surface area contributed by atoms with Crippen LogP contribution in [0.4, 0.5) is 0 Å². The highest BCUT2D eigenvalue weighted by Gasteiger charge is 2.39. The van der Waals surface area contributed by atoms with Crippen LogP contribution in [0.1, 0.15) is 162 Å². The van der Waals surface area contributed by atoms with Gasteiger partial charge in [-0.05, 0) is 38.0 Å². The van der Waals surface area contributed by atoms with Crippen LogP contribution < -0.4 is 10.2 Å². The van der Waals surface area contributed by atoms with Gasteiger partial charge in [0.05, 0.1) is 52.1 Å². The van der Waals surface area contributed by atoms with E-state index in [4.69, 9.17) is 9.05 Å². The fourth-order valence-corrected chi connectivity index (χ4v) is 7.72. The fraction of sp³-hybridized carbons (Fsp3) is 0.860. The first-order valence-corrected chi connectivity index (χ1v) is 23.3. The summed E-state index contributed by atoms with van der Waals surface area (Å²) in [6.45, 7) is 4.32. The number of amides is 1. The number of hydrogen-bond acceptors (Lipinski definition) is 9. The number of allylic oxidation sites excluding steroid dienone is 2. The second-order valence-electron chi connectivity index (χ2n) is 16.8. The van der Waals surface area contributed by atoms with Crippen LogP contribution in [-0.4, -0.2) is 96.7 Å². The lowest BCUT2D eigenvalue weighted by Gasteiger charge is -2.29. The van der Waals surface area contributed by atoms with Gasteiger partial charge in [-0.3, -0.25) is 14.2 Å². The van der Waals surface area contributed by atoms with Gasteiger partial charge in [-0.1, -0.05) is 141 Å². The second-order valence-corrected chi connectivity index (χ2v) is 18.2. The highest BCUT2D eigenvalue weighted by atomic mass is 31.2. The SMILES string of the molecule is CCCCCCCCCCCCC/C=C/[C@@H](O)[C@H](COP(=O)([O-])OCC[N+](C)(C)C)NC(=O)CCCCCC[C@H]1[C@@H](O)CC(=O)[C@@H]1/C=C/[C@@H](O)CCCCC. The number of ketones is 1. The van der Waals surface area contributed by atoms with Gasteiger partial charge in [0.2, 0.25) is 5.91 Å². The standard InChI is InChI=1S/C43H81N2O9P/c1-6-8-10-11-12-13-14-15-16-17-18-19-24-28-40(47)39(35-54-55(51,52)53-33-32-45(3,4)5)44-43(50)29-25-21-20-23-27-37-38(42(49)34-41(37)48)31-30-36(46)26-22-9-7-2/h24,28,30-31,36-41,46-48H,6-23,25-27,29,32-35H2,1-5H3,(H-,44,50,51,52)/b28-24+,31-30+/t36-,37+,38+,39-,40+,41-/m0/s1. The van der Waals surface area contributed by atoms with E-state index in [-0.39, 0.29) is 43.0 Å². The summed E-state index contributed by atoms with van der Waals surface area (Å²) in [6, 6.07) is -0.970. The number of phosphoric ester groups is 1. The molecule has 322 valence electrons. The fourth-order valence-electron chi connectivity index (χ4n) is 7.00. The van der Waals surface area contributed by atoms with E-state index in [1.165, 1.54) is 57.8 Å². The van der Waals surface area contributed by atoms with E-state index in [1.54, 1.807) is 18.2 Å². The molecule has 55 heavy (non-hydrogen) atoms. The van der Waals surface area contributed by atoms with E-state index in [0.717, 1.165) is 57.8 Å². The summed E-state index contributed by atoms with van der Waals surface area (Å²) >= 11 is 0. The molecule has 11 nitrogen and oxygen atoms in total. The van der Waals surface area contributed by atoms with E-state index >= 15 is 0 Å². The normalized spacial score (nSPS) is 20.7. The minimum atomic E-state index is -4.65. The molecule has 1 aliphatic carbocycles. The Morgan fingerprint density at radius 2 is 1.45 bits per heavy atom. The van der Waals surface area contributed by atoms with Gasteiger partial charge in [0.1, 0.15) is 18.9 Å². The van der Waals surface area contributed by atoms with Gasteiger partial charge in [0.15, 0.2) is 0 Å². The Bertz CT molecular complexity index is 1110. The molecule has 7 atom stereocenters. The highest BCUT2D eigenvalue weighted by molar-refractivity contribution is 7.45. The van der Waals surface area contributed by atoms with Crippen molar-refractivity contribution in [1.82, 2.24) is 5.32 Å². The molecule has 1 amide bonds. The highest BCUT2D eigenvalue weighted by Crippen LogP contribution is 2.38. The lowest BCUT2D eigenvalue weighted by molar-refractivity contribution is -0.870. The number of Topliss-reactive ketones (excluding diaryl/α,β-unsaturated/α-hetero) is 1. The minimum absolute atomic E-state index is 0.0138. The molecule has 1 rings (SSSR count). The molecule has 0 bridgehead atoms. The van der Waals surface area contributed by atoms with Gasteiger partial charge in [-0.15, -0.1) is 0 Å². The van der Waals surface area contributed by atoms with E-state index in [1.807, 2.05) is 27.2 Å². The quantitative estimate of drug-likeness (QED) is 0.0218. The summed E-state index contributed by atoms with van der Waals surface area (Å²) in [5.41, 5.74) is 0. The molecular weight excluding hydrogens is 719 g/mol. The summed E-state index contributed by atoms with van der Waals surface area (Å²) in [5.74, 6) is -0.848. The average Bonchev–Trinajstić information content (AvgIpc) is 3.39. The molecule has 0 saturated heterocycles. The molecule has 0 aromatic heterocycles. The summed E-state index contributed by atoms with van der Waals surface area (Å²) in [6.07, 6.45) is 26.9. The number of aliphatic hydroxyl groups excluding tert-OH is 3. The number of rotatable bonds is 35. The predicted molar refractivity (Wildman–Crippen MR) is 220 cm³/mol. The number of phosphoric acid groups is 1. The molecule has 0 radical (unpaired) electrons.